The Labute approximate surface area is 147 Å². The number of hydrogen-bond acceptors (Lipinski definition) is 4. The minimum absolute atomic E-state index is 0.191. The molecule has 0 spiro atoms. The fourth-order valence-electron chi connectivity index (χ4n) is 3.39. The van der Waals surface area contributed by atoms with E-state index in [0.717, 1.165) is 28.6 Å². The van der Waals surface area contributed by atoms with Crippen molar-refractivity contribution in [3.63, 3.8) is 0 Å². The van der Waals surface area contributed by atoms with Crippen molar-refractivity contribution in [2.75, 3.05) is 6.54 Å². The molecule has 1 aliphatic carbocycles. The molecule has 1 N–H and O–H groups in total. The van der Waals surface area contributed by atoms with E-state index in [1.165, 1.54) is 32.1 Å². The topological polar surface area (TPSA) is 59.8 Å². The number of rotatable bonds is 6. The lowest BCUT2D eigenvalue weighted by Crippen LogP contribution is -2.28. The summed E-state index contributed by atoms with van der Waals surface area (Å²) in [7, 11) is 0. The van der Waals surface area contributed by atoms with E-state index in [2.05, 4.69) is 20.8 Å². The van der Waals surface area contributed by atoms with Crippen molar-refractivity contribution in [2.24, 2.45) is 5.92 Å². The van der Waals surface area contributed by atoms with Crippen LogP contribution in [0.3, 0.4) is 0 Å². The van der Waals surface area contributed by atoms with Crippen LogP contribution in [-0.4, -0.2) is 27.2 Å². The molecule has 3 rings (SSSR count). The minimum atomic E-state index is 0.191. The molecule has 1 fully saturated rings. The van der Waals surface area contributed by atoms with E-state index in [1.54, 1.807) is 11.3 Å². The van der Waals surface area contributed by atoms with Gasteiger partial charge in [0, 0.05) is 30.5 Å². The van der Waals surface area contributed by atoms with Crippen molar-refractivity contribution in [3.05, 3.63) is 28.5 Å². The average molecular weight is 347 g/mol. The summed E-state index contributed by atoms with van der Waals surface area (Å²) in [6, 6.07) is 2.05. The largest absolute Gasteiger partial charge is 0.356 e. The van der Waals surface area contributed by atoms with Gasteiger partial charge in [-0.25, -0.2) is 9.67 Å². The van der Waals surface area contributed by atoms with Crippen LogP contribution >= 0.6 is 11.3 Å². The van der Waals surface area contributed by atoms with E-state index in [0.29, 0.717) is 18.9 Å². The highest BCUT2D eigenvalue weighted by Gasteiger charge is 2.16. The van der Waals surface area contributed by atoms with Gasteiger partial charge in [-0.15, -0.1) is 11.3 Å². The lowest BCUT2D eigenvalue weighted by atomic mass is 9.87. The Morgan fingerprint density at radius 2 is 2.12 bits per heavy atom. The molecule has 6 heteroatoms. The number of thiazole rings is 1. The van der Waals surface area contributed by atoms with Crippen LogP contribution < -0.4 is 5.32 Å². The van der Waals surface area contributed by atoms with Gasteiger partial charge in [0.2, 0.25) is 11.0 Å². The van der Waals surface area contributed by atoms with Crippen molar-refractivity contribution in [1.29, 1.82) is 0 Å². The first kappa shape index (κ1) is 17.1. The third-order valence-corrected chi connectivity index (χ3v) is 5.50. The van der Waals surface area contributed by atoms with E-state index in [9.17, 15) is 4.79 Å². The maximum atomic E-state index is 12.0. The predicted octanol–water partition coefficient (Wildman–Crippen LogP) is 3.57. The van der Waals surface area contributed by atoms with E-state index in [-0.39, 0.29) is 5.91 Å². The van der Waals surface area contributed by atoms with E-state index >= 15 is 0 Å². The third kappa shape index (κ3) is 4.44. The molecule has 0 aromatic carbocycles. The second-order valence-electron chi connectivity index (χ2n) is 6.77. The Balaban J connectivity index is 1.45. The minimum Gasteiger partial charge on any atom is -0.356 e. The second-order valence-corrected chi connectivity index (χ2v) is 7.60. The molecule has 2 heterocycles. The SMILES string of the molecule is Cc1cc(C)n(-c2nc(CCNC(=O)CC3CCCCC3)cs2)n1. The van der Waals surface area contributed by atoms with E-state index in [4.69, 9.17) is 0 Å². The maximum Gasteiger partial charge on any atom is 0.220 e. The van der Waals surface area contributed by atoms with Crippen molar-refractivity contribution in [2.45, 2.75) is 58.8 Å². The van der Waals surface area contributed by atoms with E-state index in [1.807, 2.05) is 24.6 Å². The van der Waals surface area contributed by atoms with Gasteiger partial charge in [0.1, 0.15) is 0 Å². The van der Waals surface area contributed by atoms with Crippen LogP contribution in [0.15, 0.2) is 11.4 Å². The zero-order valence-corrected chi connectivity index (χ0v) is 15.4. The molecule has 1 saturated carbocycles. The normalized spacial score (nSPS) is 15.6. The van der Waals surface area contributed by atoms with Crippen LogP contribution in [0, 0.1) is 19.8 Å². The molecular weight excluding hydrogens is 320 g/mol. The first-order valence-electron chi connectivity index (χ1n) is 8.86. The molecule has 24 heavy (non-hydrogen) atoms. The number of hydrogen-bond donors (Lipinski definition) is 1. The number of amides is 1. The summed E-state index contributed by atoms with van der Waals surface area (Å²) in [5.41, 5.74) is 3.11. The number of carbonyl (C=O) groups excluding carboxylic acids is 1. The summed E-state index contributed by atoms with van der Waals surface area (Å²) in [6.45, 7) is 4.68. The molecule has 2 aromatic rings. The van der Waals surface area contributed by atoms with Gasteiger partial charge in [-0.05, 0) is 38.7 Å². The van der Waals surface area contributed by atoms with Crippen molar-refractivity contribution >= 4 is 17.2 Å². The number of nitrogens with zero attached hydrogens (tertiary/aromatic N) is 3. The Morgan fingerprint density at radius 3 is 2.83 bits per heavy atom. The molecular formula is C18H26N4OS. The number of carbonyl (C=O) groups is 1. The first-order chi connectivity index (χ1) is 11.6. The fraction of sp³-hybridized carbons (Fsp3) is 0.611. The van der Waals surface area contributed by atoms with Crippen LogP contribution in [0.4, 0.5) is 0 Å². The van der Waals surface area contributed by atoms with Gasteiger partial charge in [0.15, 0.2) is 0 Å². The zero-order chi connectivity index (χ0) is 16.9. The maximum absolute atomic E-state index is 12.0. The second kappa shape index (κ2) is 7.92. The summed E-state index contributed by atoms with van der Waals surface area (Å²) in [6.07, 6.45) is 7.79. The highest BCUT2D eigenvalue weighted by Crippen LogP contribution is 2.26. The molecule has 0 atom stereocenters. The number of aryl methyl sites for hydroxylation is 2. The van der Waals surface area contributed by atoms with Gasteiger partial charge in [-0.3, -0.25) is 4.79 Å². The van der Waals surface area contributed by atoms with E-state index < -0.39 is 0 Å². The Hall–Kier alpha value is -1.69. The molecule has 1 aliphatic rings. The lowest BCUT2D eigenvalue weighted by Gasteiger charge is -2.20. The summed E-state index contributed by atoms with van der Waals surface area (Å²) in [4.78, 5) is 16.7. The summed E-state index contributed by atoms with van der Waals surface area (Å²) >= 11 is 1.59. The summed E-state index contributed by atoms with van der Waals surface area (Å²) in [5, 5.41) is 10.5. The van der Waals surface area contributed by atoms with Gasteiger partial charge in [-0.1, -0.05) is 19.3 Å². The van der Waals surface area contributed by atoms with Crippen molar-refractivity contribution < 1.29 is 4.79 Å². The Bertz CT molecular complexity index is 685. The predicted molar refractivity (Wildman–Crippen MR) is 96.6 cm³/mol. The first-order valence-corrected chi connectivity index (χ1v) is 9.74. The molecule has 0 bridgehead atoms. The molecule has 5 nitrogen and oxygen atoms in total. The molecule has 130 valence electrons. The van der Waals surface area contributed by atoms with Gasteiger partial charge in [0.25, 0.3) is 0 Å². The molecule has 2 aromatic heterocycles. The molecule has 0 unspecified atom stereocenters. The standard InChI is InChI=1S/C18H26N4OS/c1-13-10-14(2)22(21-13)18-20-16(12-24-18)8-9-19-17(23)11-15-6-4-3-5-7-15/h10,12,15H,3-9,11H2,1-2H3,(H,19,23). The van der Waals surface area contributed by atoms with Crippen LogP contribution in [0.25, 0.3) is 5.13 Å². The van der Waals surface area contributed by atoms with Crippen LogP contribution in [0.2, 0.25) is 0 Å². The molecule has 0 saturated heterocycles. The highest BCUT2D eigenvalue weighted by atomic mass is 32.1. The molecule has 0 aliphatic heterocycles. The molecule has 0 radical (unpaired) electrons. The third-order valence-electron chi connectivity index (χ3n) is 4.63. The lowest BCUT2D eigenvalue weighted by molar-refractivity contribution is -0.122. The fourth-order valence-corrected chi connectivity index (χ4v) is 4.25. The quantitative estimate of drug-likeness (QED) is 0.870. The Kier molecular flexibility index (Phi) is 5.66. The molecule has 1 amide bonds. The van der Waals surface area contributed by atoms with Crippen LogP contribution in [0.1, 0.15) is 55.6 Å². The highest BCUT2D eigenvalue weighted by molar-refractivity contribution is 7.12. The van der Waals surface area contributed by atoms with Crippen LogP contribution in [-0.2, 0) is 11.2 Å². The summed E-state index contributed by atoms with van der Waals surface area (Å²) in [5.74, 6) is 0.784. The van der Waals surface area contributed by atoms with Gasteiger partial charge in [0.05, 0.1) is 11.4 Å². The monoisotopic (exact) mass is 346 g/mol. The zero-order valence-electron chi connectivity index (χ0n) is 14.5. The van der Waals surface area contributed by atoms with Crippen LogP contribution in [0.5, 0.6) is 0 Å². The Morgan fingerprint density at radius 1 is 1.33 bits per heavy atom. The number of nitrogens with one attached hydrogen (secondary N) is 1. The van der Waals surface area contributed by atoms with Gasteiger partial charge < -0.3 is 5.32 Å². The van der Waals surface area contributed by atoms with Gasteiger partial charge >= 0.3 is 0 Å². The average Bonchev–Trinajstić information content (AvgIpc) is 3.14. The summed E-state index contributed by atoms with van der Waals surface area (Å²) < 4.78 is 1.88. The van der Waals surface area contributed by atoms with Crippen molar-refractivity contribution in [3.8, 4) is 5.13 Å². The smallest absolute Gasteiger partial charge is 0.220 e. The van der Waals surface area contributed by atoms with Gasteiger partial charge in [-0.2, -0.15) is 5.10 Å². The van der Waals surface area contributed by atoms with Crippen molar-refractivity contribution in [1.82, 2.24) is 20.1 Å². The number of aromatic nitrogens is 3.